The molecule has 0 spiro atoms. The first-order chi connectivity index (χ1) is 11.2. The largest absolute Gasteiger partial charge is 0.481 e. The summed E-state index contributed by atoms with van der Waals surface area (Å²) in [6, 6.07) is 6.18. The molecule has 0 bridgehead atoms. The van der Waals surface area contributed by atoms with E-state index in [9.17, 15) is 23.1 Å². The quantitative estimate of drug-likeness (QED) is 0.634. The monoisotopic (exact) mass is 356 g/mol. The van der Waals surface area contributed by atoms with Gasteiger partial charge in [0.1, 0.15) is 6.10 Å². The van der Waals surface area contributed by atoms with Gasteiger partial charge in [0.2, 0.25) is 0 Å². The lowest BCUT2D eigenvalue weighted by molar-refractivity contribution is -0.156. The Labute approximate surface area is 140 Å². The molecule has 0 amide bonds. The number of carbonyl (C=O) groups is 2. The molecule has 2 rings (SSSR count). The van der Waals surface area contributed by atoms with Crippen molar-refractivity contribution in [2.45, 2.75) is 50.2 Å². The number of hydrogen-bond donors (Lipinski definition) is 1. The molecule has 1 saturated carbocycles. The van der Waals surface area contributed by atoms with Crippen LogP contribution in [-0.4, -0.2) is 37.7 Å². The van der Waals surface area contributed by atoms with Gasteiger partial charge in [0, 0.05) is 13.3 Å². The molecule has 0 saturated heterocycles. The van der Waals surface area contributed by atoms with Crippen molar-refractivity contribution < 1.29 is 32.0 Å². The molecule has 1 N–H and O–H groups in total. The average Bonchev–Trinajstić information content (AvgIpc) is 2.46. The second-order valence-electron chi connectivity index (χ2n) is 5.96. The Morgan fingerprint density at radius 3 is 2.21 bits per heavy atom. The third kappa shape index (κ3) is 4.78. The highest BCUT2D eigenvalue weighted by molar-refractivity contribution is 7.86. The van der Waals surface area contributed by atoms with E-state index in [2.05, 4.69) is 0 Å². The third-order valence-electron chi connectivity index (χ3n) is 3.87. The SMILES string of the molecule is CC(=O)O[C@@H]1C[C@H](OS(=O)(=O)c2ccc(C)cc2)C[C@H](C(=O)O)C1. The van der Waals surface area contributed by atoms with E-state index in [1.807, 2.05) is 6.92 Å². The Bertz CT molecular complexity index is 708. The number of ether oxygens (including phenoxy) is 1. The maximum Gasteiger partial charge on any atom is 0.306 e. The highest BCUT2D eigenvalue weighted by Gasteiger charge is 2.37. The molecular weight excluding hydrogens is 336 g/mol. The number of carboxylic acid groups (broad SMARTS) is 1. The second-order valence-corrected chi connectivity index (χ2v) is 7.53. The first-order valence-electron chi connectivity index (χ1n) is 7.57. The van der Waals surface area contributed by atoms with Gasteiger partial charge in [-0.2, -0.15) is 8.42 Å². The summed E-state index contributed by atoms with van der Waals surface area (Å²) >= 11 is 0. The fraction of sp³-hybridized carbons (Fsp3) is 0.500. The van der Waals surface area contributed by atoms with Crippen LogP contribution in [0.3, 0.4) is 0 Å². The fourth-order valence-corrected chi connectivity index (χ4v) is 3.86. The van der Waals surface area contributed by atoms with Crippen molar-refractivity contribution in [3.63, 3.8) is 0 Å². The van der Waals surface area contributed by atoms with Crippen molar-refractivity contribution in [2.24, 2.45) is 5.92 Å². The number of esters is 1. The number of aliphatic carboxylic acids is 1. The lowest BCUT2D eigenvalue weighted by Gasteiger charge is -2.31. The molecule has 132 valence electrons. The zero-order chi connectivity index (χ0) is 17.9. The van der Waals surface area contributed by atoms with Crippen LogP contribution < -0.4 is 0 Å². The molecule has 7 nitrogen and oxygen atoms in total. The van der Waals surface area contributed by atoms with Crippen LogP contribution >= 0.6 is 0 Å². The Kier molecular flexibility index (Phi) is 5.61. The first kappa shape index (κ1) is 18.4. The van der Waals surface area contributed by atoms with Gasteiger partial charge in [-0.05, 0) is 31.9 Å². The van der Waals surface area contributed by atoms with E-state index in [0.717, 1.165) is 5.56 Å². The van der Waals surface area contributed by atoms with E-state index in [1.54, 1.807) is 12.1 Å². The summed E-state index contributed by atoms with van der Waals surface area (Å²) in [5, 5.41) is 9.21. The Balaban J connectivity index is 2.15. The van der Waals surface area contributed by atoms with Crippen LogP contribution in [0.1, 0.15) is 31.7 Å². The minimum Gasteiger partial charge on any atom is -0.481 e. The molecule has 1 fully saturated rings. The van der Waals surface area contributed by atoms with E-state index in [1.165, 1.54) is 19.1 Å². The fourth-order valence-electron chi connectivity index (χ4n) is 2.77. The van der Waals surface area contributed by atoms with E-state index in [4.69, 9.17) is 8.92 Å². The molecule has 1 aromatic rings. The van der Waals surface area contributed by atoms with Crippen LogP contribution in [-0.2, 0) is 28.6 Å². The van der Waals surface area contributed by atoms with Crippen molar-refractivity contribution in [1.29, 1.82) is 0 Å². The summed E-state index contributed by atoms with van der Waals surface area (Å²) in [7, 11) is -4.01. The predicted octanol–water partition coefficient (Wildman–Crippen LogP) is 1.89. The Morgan fingerprint density at radius 1 is 1.08 bits per heavy atom. The number of rotatable bonds is 5. The molecule has 0 radical (unpaired) electrons. The first-order valence-corrected chi connectivity index (χ1v) is 8.98. The van der Waals surface area contributed by atoms with Gasteiger partial charge in [-0.1, -0.05) is 17.7 Å². The molecule has 1 aliphatic carbocycles. The lowest BCUT2D eigenvalue weighted by atomic mass is 9.85. The van der Waals surface area contributed by atoms with Gasteiger partial charge in [0.15, 0.2) is 0 Å². The van der Waals surface area contributed by atoms with Gasteiger partial charge >= 0.3 is 11.9 Å². The lowest BCUT2D eigenvalue weighted by Crippen LogP contribution is -2.38. The molecule has 24 heavy (non-hydrogen) atoms. The average molecular weight is 356 g/mol. The van der Waals surface area contributed by atoms with Crippen LogP contribution in [0, 0.1) is 12.8 Å². The highest BCUT2D eigenvalue weighted by Crippen LogP contribution is 2.31. The normalized spacial score (nSPS) is 24.3. The molecule has 0 aliphatic heterocycles. The number of aryl methyl sites for hydroxylation is 1. The molecule has 0 aromatic heterocycles. The van der Waals surface area contributed by atoms with E-state index in [0.29, 0.717) is 0 Å². The van der Waals surface area contributed by atoms with Crippen LogP contribution in [0.4, 0.5) is 0 Å². The molecule has 8 heteroatoms. The van der Waals surface area contributed by atoms with E-state index >= 15 is 0 Å². The summed E-state index contributed by atoms with van der Waals surface area (Å²) in [5.41, 5.74) is 0.910. The molecule has 1 aromatic carbocycles. The highest BCUT2D eigenvalue weighted by atomic mass is 32.2. The third-order valence-corrected chi connectivity index (χ3v) is 5.25. The number of hydrogen-bond acceptors (Lipinski definition) is 6. The molecule has 0 unspecified atom stereocenters. The van der Waals surface area contributed by atoms with Gasteiger partial charge in [0.05, 0.1) is 16.9 Å². The summed E-state index contributed by atoms with van der Waals surface area (Å²) in [4.78, 5) is 22.4. The van der Waals surface area contributed by atoms with Gasteiger partial charge in [-0.25, -0.2) is 0 Å². The van der Waals surface area contributed by atoms with Crippen LogP contribution in [0.25, 0.3) is 0 Å². The maximum atomic E-state index is 12.3. The topological polar surface area (TPSA) is 107 Å². The van der Waals surface area contributed by atoms with Gasteiger partial charge in [0.25, 0.3) is 10.1 Å². The summed E-state index contributed by atoms with van der Waals surface area (Å²) in [5.74, 6) is -2.42. The Morgan fingerprint density at radius 2 is 1.67 bits per heavy atom. The number of carboxylic acids is 1. The van der Waals surface area contributed by atoms with Gasteiger partial charge in [-0.3, -0.25) is 13.8 Å². The standard InChI is InChI=1S/C16H20O7S/c1-10-3-5-15(6-4-10)24(20,21)23-14-8-12(16(18)19)7-13(9-14)22-11(2)17/h3-6,12-14H,7-9H2,1-2H3,(H,18,19)/t12-,13+,14-/m1/s1. The zero-order valence-electron chi connectivity index (χ0n) is 13.5. The van der Waals surface area contributed by atoms with Crippen LogP contribution in [0.5, 0.6) is 0 Å². The molecule has 3 atom stereocenters. The van der Waals surface area contributed by atoms with Crippen LogP contribution in [0.15, 0.2) is 29.2 Å². The van der Waals surface area contributed by atoms with Crippen molar-refractivity contribution in [3.8, 4) is 0 Å². The minimum atomic E-state index is -4.01. The molecular formula is C16H20O7S. The van der Waals surface area contributed by atoms with Crippen LogP contribution in [0.2, 0.25) is 0 Å². The van der Waals surface area contributed by atoms with Crippen molar-refractivity contribution in [1.82, 2.24) is 0 Å². The van der Waals surface area contributed by atoms with Gasteiger partial charge in [-0.15, -0.1) is 0 Å². The van der Waals surface area contributed by atoms with Gasteiger partial charge < -0.3 is 9.84 Å². The second kappa shape index (κ2) is 7.31. The van der Waals surface area contributed by atoms with Crippen molar-refractivity contribution in [3.05, 3.63) is 29.8 Å². The summed E-state index contributed by atoms with van der Waals surface area (Å²) < 4.78 is 35.0. The predicted molar refractivity (Wildman–Crippen MR) is 83.8 cm³/mol. The summed E-state index contributed by atoms with van der Waals surface area (Å²) in [6.45, 7) is 3.06. The zero-order valence-corrected chi connectivity index (χ0v) is 14.3. The van der Waals surface area contributed by atoms with Crippen molar-refractivity contribution in [2.75, 3.05) is 0 Å². The molecule has 0 heterocycles. The minimum absolute atomic E-state index is 0.00887. The van der Waals surface area contributed by atoms with E-state index in [-0.39, 0.29) is 24.2 Å². The number of benzene rings is 1. The van der Waals surface area contributed by atoms with E-state index < -0.39 is 40.2 Å². The Hall–Kier alpha value is -1.93. The summed E-state index contributed by atoms with van der Waals surface area (Å²) in [6.07, 6.45) is -1.17. The smallest absolute Gasteiger partial charge is 0.306 e. The number of carbonyl (C=O) groups excluding carboxylic acids is 1. The maximum absolute atomic E-state index is 12.3. The molecule has 1 aliphatic rings. The van der Waals surface area contributed by atoms with Crippen molar-refractivity contribution >= 4 is 22.1 Å².